The van der Waals surface area contributed by atoms with Gasteiger partial charge in [-0.2, -0.15) is 0 Å². The highest BCUT2D eigenvalue weighted by atomic mass is 16.7. The van der Waals surface area contributed by atoms with Crippen LogP contribution < -0.4 is 20.1 Å². The number of likely N-dealkylation sites (tertiary alicyclic amines) is 1. The lowest BCUT2D eigenvalue weighted by molar-refractivity contribution is -0.139. The molecule has 26 heavy (non-hydrogen) atoms. The Labute approximate surface area is 154 Å². The van der Waals surface area contributed by atoms with Gasteiger partial charge in [0.15, 0.2) is 11.5 Å². The smallest absolute Gasteiger partial charge is 0.309 e. The van der Waals surface area contributed by atoms with Crippen LogP contribution in [0.5, 0.6) is 11.5 Å². The van der Waals surface area contributed by atoms with Gasteiger partial charge >= 0.3 is 11.8 Å². The number of nitrogens with zero attached hydrogens (tertiary/aromatic N) is 1. The molecule has 1 saturated heterocycles. The van der Waals surface area contributed by atoms with Crippen LogP contribution in [0.1, 0.15) is 32.3 Å². The molecule has 0 bridgehead atoms. The minimum absolute atomic E-state index is 0.212. The standard InChI is InChI=1S/C19H27N3O4/c1-13(2)22-7-5-14(6-8-22)10-20-18(23)19(24)21-11-15-3-4-16-17(9-15)26-12-25-16/h3-4,9,13-14H,5-8,10-12H2,1-2H3,(H,20,23)(H,21,24). The number of carbonyl (C=O) groups is 2. The Balaban J connectivity index is 1.38. The number of nitrogens with one attached hydrogen (secondary N) is 2. The third-order valence-electron chi connectivity index (χ3n) is 5.03. The van der Waals surface area contributed by atoms with Gasteiger partial charge in [-0.1, -0.05) is 6.07 Å². The van der Waals surface area contributed by atoms with E-state index in [1.54, 1.807) is 6.07 Å². The number of hydrogen-bond donors (Lipinski definition) is 2. The van der Waals surface area contributed by atoms with Crippen molar-refractivity contribution in [2.45, 2.75) is 39.3 Å². The number of piperidine rings is 1. The summed E-state index contributed by atoms with van der Waals surface area (Å²) in [6, 6.07) is 6.01. The average molecular weight is 361 g/mol. The summed E-state index contributed by atoms with van der Waals surface area (Å²) in [5.41, 5.74) is 0.858. The number of rotatable bonds is 5. The molecule has 7 heteroatoms. The van der Waals surface area contributed by atoms with Crippen LogP contribution in [0, 0.1) is 5.92 Å². The maximum absolute atomic E-state index is 12.0. The molecule has 142 valence electrons. The third kappa shape index (κ3) is 4.66. The molecule has 0 unspecified atom stereocenters. The summed E-state index contributed by atoms with van der Waals surface area (Å²) in [7, 11) is 0. The summed E-state index contributed by atoms with van der Waals surface area (Å²) in [6.07, 6.45) is 2.11. The molecular weight excluding hydrogens is 334 g/mol. The number of benzene rings is 1. The van der Waals surface area contributed by atoms with Gasteiger partial charge in [-0.15, -0.1) is 0 Å². The van der Waals surface area contributed by atoms with Crippen molar-refractivity contribution in [3.8, 4) is 11.5 Å². The molecule has 0 aliphatic carbocycles. The molecule has 1 aromatic rings. The van der Waals surface area contributed by atoms with Crippen molar-refractivity contribution in [3.05, 3.63) is 23.8 Å². The molecule has 2 heterocycles. The molecule has 1 fully saturated rings. The van der Waals surface area contributed by atoms with Crippen LogP contribution in [-0.2, 0) is 16.1 Å². The quantitative estimate of drug-likeness (QED) is 0.772. The lowest BCUT2D eigenvalue weighted by atomic mass is 9.96. The zero-order chi connectivity index (χ0) is 18.5. The number of fused-ring (bicyclic) bond motifs is 1. The van der Waals surface area contributed by atoms with Crippen LogP contribution in [0.2, 0.25) is 0 Å². The van der Waals surface area contributed by atoms with E-state index < -0.39 is 11.8 Å². The van der Waals surface area contributed by atoms with E-state index in [9.17, 15) is 9.59 Å². The molecule has 2 aliphatic heterocycles. The molecule has 0 radical (unpaired) electrons. The molecule has 2 amide bonds. The van der Waals surface area contributed by atoms with Crippen LogP contribution in [0.4, 0.5) is 0 Å². The average Bonchev–Trinajstić information content (AvgIpc) is 3.12. The van der Waals surface area contributed by atoms with Gasteiger partial charge in [0, 0.05) is 19.1 Å². The minimum atomic E-state index is -0.609. The van der Waals surface area contributed by atoms with E-state index in [2.05, 4.69) is 29.4 Å². The molecule has 0 saturated carbocycles. The number of hydrogen-bond acceptors (Lipinski definition) is 5. The van der Waals surface area contributed by atoms with Crippen molar-refractivity contribution in [3.63, 3.8) is 0 Å². The topological polar surface area (TPSA) is 79.9 Å². The monoisotopic (exact) mass is 361 g/mol. The fraction of sp³-hybridized carbons (Fsp3) is 0.579. The molecular formula is C19H27N3O4. The highest BCUT2D eigenvalue weighted by molar-refractivity contribution is 6.35. The largest absolute Gasteiger partial charge is 0.454 e. The summed E-state index contributed by atoms with van der Waals surface area (Å²) in [5.74, 6) is 0.616. The summed E-state index contributed by atoms with van der Waals surface area (Å²) < 4.78 is 10.6. The van der Waals surface area contributed by atoms with Crippen molar-refractivity contribution in [2.24, 2.45) is 5.92 Å². The van der Waals surface area contributed by atoms with Gasteiger partial charge in [0.1, 0.15) is 0 Å². The summed E-state index contributed by atoms with van der Waals surface area (Å²) in [5, 5.41) is 5.40. The molecule has 0 aromatic heterocycles. The highest BCUT2D eigenvalue weighted by Gasteiger charge is 2.22. The second kappa shape index (κ2) is 8.40. The first-order valence-corrected chi connectivity index (χ1v) is 9.21. The van der Waals surface area contributed by atoms with Crippen LogP contribution in [0.15, 0.2) is 18.2 Å². The SMILES string of the molecule is CC(C)N1CCC(CNC(=O)C(=O)NCc2ccc3c(c2)OCO3)CC1. The highest BCUT2D eigenvalue weighted by Crippen LogP contribution is 2.32. The van der Waals surface area contributed by atoms with Crippen molar-refractivity contribution in [1.29, 1.82) is 0 Å². The fourth-order valence-corrected chi connectivity index (χ4v) is 3.30. The van der Waals surface area contributed by atoms with Gasteiger partial charge < -0.3 is 25.0 Å². The maximum Gasteiger partial charge on any atom is 0.309 e. The normalized spacial score (nSPS) is 17.3. The molecule has 0 atom stereocenters. The Morgan fingerprint density at radius 2 is 1.81 bits per heavy atom. The lowest BCUT2D eigenvalue weighted by Crippen LogP contribution is -2.44. The number of ether oxygens (including phenoxy) is 2. The van der Waals surface area contributed by atoms with Gasteiger partial charge in [0.05, 0.1) is 0 Å². The molecule has 2 aliphatic rings. The zero-order valence-electron chi connectivity index (χ0n) is 15.4. The Hall–Kier alpha value is -2.28. The van der Waals surface area contributed by atoms with E-state index in [1.807, 2.05) is 12.1 Å². The van der Waals surface area contributed by atoms with E-state index >= 15 is 0 Å². The maximum atomic E-state index is 12.0. The molecule has 0 spiro atoms. The van der Waals surface area contributed by atoms with Gasteiger partial charge in [-0.3, -0.25) is 9.59 Å². The second-order valence-corrected chi connectivity index (χ2v) is 7.15. The predicted octanol–water partition coefficient (Wildman–Crippen LogP) is 1.27. The van der Waals surface area contributed by atoms with Crippen molar-refractivity contribution in [1.82, 2.24) is 15.5 Å². The van der Waals surface area contributed by atoms with Gasteiger partial charge in [-0.05, 0) is 63.4 Å². The molecule has 3 rings (SSSR count). The third-order valence-corrected chi connectivity index (χ3v) is 5.03. The summed E-state index contributed by atoms with van der Waals surface area (Å²) in [6.45, 7) is 7.55. The minimum Gasteiger partial charge on any atom is -0.454 e. The van der Waals surface area contributed by atoms with Crippen LogP contribution in [0.3, 0.4) is 0 Å². The van der Waals surface area contributed by atoms with Gasteiger partial charge in [0.2, 0.25) is 6.79 Å². The van der Waals surface area contributed by atoms with Crippen LogP contribution in [-0.4, -0.2) is 49.2 Å². The van der Waals surface area contributed by atoms with Crippen molar-refractivity contribution in [2.75, 3.05) is 26.4 Å². The van der Waals surface area contributed by atoms with E-state index in [0.717, 1.165) is 31.5 Å². The molecule has 1 aromatic carbocycles. The summed E-state index contributed by atoms with van der Waals surface area (Å²) >= 11 is 0. The van der Waals surface area contributed by atoms with Gasteiger partial charge in [0.25, 0.3) is 0 Å². The van der Waals surface area contributed by atoms with Crippen LogP contribution >= 0.6 is 0 Å². The van der Waals surface area contributed by atoms with E-state index in [0.29, 0.717) is 30.0 Å². The van der Waals surface area contributed by atoms with E-state index in [1.165, 1.54) is 0 Å². The Morgan fingerprint density at radius 3 is 2.54 bits per heavy atom. The number of amides is 2. The lowest BCUT2D eigenvalue weighted by Gasteiger charge is -2.34. The molecule has 7 nitrogen and oxygen atoms in total. The van der Waals surface area contributed by atoms with E-state index in [4.69, 9.17) is 9.47 Å². The fourth-order valence-electron chi connectivity index (χ4n) is 3.30. The Morgan fingerprint density at radius 1 is 1.12 bits per heavy atom. The number of carbonyl (C=O) groups excluding carboxylic acids is 2. The van der Waals surface area contributed by atoms with Gasteiger partial charge in [-0.25, -0.2) is 0 Å². The zero-order valence-corrected chi connectivity index (χ0v) is 15.4. The van der Waals surface area contributed by atoms with Crippen molar-refractivity contribution < 1.29 is 19.1 Å². The van der Waals surface area contributed by atoms with E-state index in [-0.39, 0.29) is 13.3 Å². The Kier molecular flexibility index (Phi) is 5.98. The van der Waals surface area contributed by atoms with Crippen LogP contribution in [0.25, 0.3) is 0 Å². The Bertz CT molecular complexity index is 654. The first kappa shape index (κ1) is 18.5. The second-order valence-electron chi connectivity index (χ2n) is 7.15. The van der Waals surface area contributed by atoms with Crippen molar-refractivity contribution >= 4 is 11.8 Å². The predicted molar refractivity (Wildman–Crippen MR) is 96.9 cm³/mol. The molecule has 2 N–H and O–H groups in total. The summed E-state index contributed by atoms with van der Waals surface area (Å²) in [4.78, 5) is 26.4. The first-order chi connectivity index (χ1) is 12.5. The first-order valence-electron chi connectivity index (χ1n) is 9.21.